The summed E-state index contributed by atoms with van der Waals surface area (Å²) >= 11 is -0.202. The molecule has 2 rings (SSSR count). The third-order valence-electron chi connectivity index (χ3n) is 3.41. The van der Waals surface area contributed by atoms with Gasteiger partial charge in [0.2, 0.25) is 0 Å². The maximum atomic E-state index is 12.3. The lowest BCUT2D eigenvalue weighted by molar-refractivity contribution is -0.0328. The molecular formula is C18H19F3N2OS. The van der Waals surface area contributed by atoms with Crippen LogP contribution in [0.25, 0.3) is 0 Å². The third kappa shape index (κ3) is 6.80. The van der Waals surface area contributed by atoms with Crippen LogP contribution in [0, 0.1) is 0 Å². The molecule has 7 heteroatoms. The number of rotatable bonds is 6. The number of hydrogen-bond donors (Lipinski definition) is 1. The fraction of sp³-hybridized carbons (Fsp3) is 0.278. The van der Waals surface area contributed by atoms with E-state index in [0.29, 0.717) is 11.3 Å². The van der Waals surface area contributed by atoms with E-state index in [1.165, 1.54) is 29.8 Å². The summed E-state index contributed by atoms with van der Waals surface area (Å²) in [4.78, 5) is 14.3. The molecule has 0 unspecified atom stereocenters. The number of halogens is 3. The van der Waals surface area contributed by atoms with Gasteiger partial charge in [-0.15, -0.1) is 0 Å². The first kappa shape index (κ1) is 19.3. The summed E-state index contributed by atoms with van der Waals surface area (Å²) in [6.45, 7) is 0.938. The van der Waals surface area contributed by atoms with E-state index in [1.807, 2.05) is 38.4 Å². The summed E-state index contributed by atoms with van der Waals surface area (Å²) in [5.74, 6) is -0.357. The van der Waals surface area contributed by atoms with Gasteiger partial charge in [-0.3, -0.25) is 4.79 Å². The molecule has 0 aliphatic carbocycles. The minimum absolute atomic E-state index is 0.0503. The molecule has 0 aliphatic heterocycles. The summed E-state index contributed by atoms with van der Waals surface area (Å²) in [6, 6.07) is 12.9. The first-order valence-corrected chi connectivity index (χ1v) is 8.45. The van der Waals surface area contributed by atoms with Crippen LogP contribution < -0.4 is 5.32 Å². The van der Waals surface area contributed by atoms with E-state index >= 15 is 0 Å². The number of nitrogens with one attached hydrogen (secondary N) is 1. The number of amides is 1. The second kappa shape index (κ2) is 8.40. The number of thioether (sulfide) groups is 1. The van der Waals surface area contributed by atoms with Crippen molar-refractivity contribution >= 4 is 23.4 Å². The molecule has 25 heavy (non-hydrogen) atoms. The van der Waals surface area contributed by atoms with Gasteiger partial charge in [-0.2, -0.15) is 13.2 Å². The topological polar surface area (TPSA) is 32.3 Å². The monoisotopic (exact) mass is 368 g/mol. The number of nitrogens with zero attached hydrogens (tertiary/aromatic N) is 1. The van der Waals surface area contributed by atoms with Crippen molar-refractivity contribution in [3.8, 4) is 0 Å². The summed E-state index contributed by atoms with van der Waals surface area (Å²) in [6.07, 6.45) is 0.916. The minimum atomic E-state index is -4.34. The molecular weight excluding hydrogens is 349 g/mol. The van der Waals surface area contributed by atoms with Crippen LogP contribution in [-0.4, -0.2) is 37.0 Å². The Morgan fingerprint density at radius 3 is 2.16 bits per heavy atom. The number of anilines is 1. The second-order valence-electron chi connectivity index (χ2n) is 5.78. The molecule has 0 heterocycles. The molecule has 0 fully saturated rings. The predicted octanol–water partition coefficient (Wildman–Crippen LogP) is 4.65. The van der Waals surface area contributed by atoms with Crippen LogP contribution >= 0.6 is 11.8 Å². The molecule has 134 valence electrons. The Kier molecular flexibility index (Phi) is 6.50. The number of carbonyl (C=O) groups excluding carboxylic acids is 1. The van der Waals surface area contributed by atoms with Crippen LogP contribution in [0.4, 0.5) is 18.9 Å². The van der Waals surface area contributed by atoms with Gasteiger partial charge in [-0.1, -0.05) is 12.1 Å². The van der Waals surface area contributed by atoms with Gasteiger partial charge in [-0.25, -0.2) is 0 Å². The highest BCUT2D eigenvalue weighted by atomic mass is 32.2. The van der Waals surface area contributed by atoms with Crippen molar-refractivity contribution in [2.24, 2.45) is 0 Å². The second-order valence-corrected chi connectivity index (χ2v) is 6.91. The molecule has 2 aromatic rings. The lowest BCUT2D eigenvalue weighted by Crippen LogP contribution is -2.15. The summed E-state index contributed by atoms with van der Waals surface area (Å²) in [5.41, 5.74) is -2.21. The van der Waals surface area contributed by atoms with Gasteiger partial charge in [0.15, 0.2) is 0 Å². The highest BCUT2D eigenvalue weighted by Crippen LogP contribution is 2.36. The Labute approximate surface area is 149 Å². The SMILES string of the molecule is CN(C)CCc1ccc(NC(=O)c2ccc(SC(F)(F)F)cc2)cc1. The van der Waals surface area contributed by atoms with Gasteiger partial charge in [0.05, 0.1) is 0 Å². The van der Waals surface area contributed by atoms with Crippen LogP contribution in [0.3, 0.4) is 0 Å². The number of hydrogen-bond acceptors (Lipinski definition) is 3. The molecule has 1 amide bonds. The average molecular weight is 368 g/mol. The molecule has 0 atom stereocenters. The molecule has 0 aromatic heterocycles. The van der Waals surface area contributed by atoms with Crippen molar-refractivity contribution in [1.29, 1.82) is 0 Å². The Morgan fingerprint density at radius 2 is 1.64 bits per heavy atom. The zero-order valence-corrected chi connectivity index (χ0v) is 14.7. The van der Waals surface area contributed by atoms with Crippen molar-refractivity contribution in [2.75, 3.05) is 26.0 Å². The van der Waals surface area contributed by atoms with Crippen LogP contribution in [0.5, 0.6) is 0 Å². The Morgan fingerprint density at radius 1 is 1.04 bits per heavy atom. The molecule has 0 bridgehead atoms. The quantitative estimate of drug-likeness (QED) is 0.753. The maximum absolute atomic E-state index is 12.3. The third-order valence-corrected chi connectivity index (χ3v) is 4.15. The smallest absolute Gasteiger partial charge is 0.322 e. The molecule has 0 aliphatic rings. The Bertz CT molecular complexity index is 698. The number of benzene rings is 2. The lowest BCUT2D eigenvalue weighted by atomic mass is 10.1. The highest BCUT2D eigenvalue weighted by molar-refractivity contribution is 8.00. The molecule has 0 saturated heterocycles. The Balaban J connectivity index is 1.95. The highest BCUT2D eigenvalue weighted by Gasteiger charge is 2.29. The van der Waals surface area contributed by atoms with E-state index < -0.39 is 5.51 Å². The van der Waals surface area contributed by atoms with E-state index in [9.17, 15) is 18.0 Å². The normalized spacial score (nSPS) is 11.6. The van der Waals surface area contributed by atoms with Gasteiger partial charge in [0.25, 0.3) is 5.91 Å². The van der Waals surface area contributed by atoms with E-state index in [-0.39, 0.29) is 22.6 Å². The summed E-state index contributed by atoms with van der Waals surface area (Å²) < 4.78 is 36.9. The van der Waals surface area contributed by atoms with Crippen molar-refractivity contribution in [1.82, 2.24) is 4.90 Å². The fourth-order valence-corrected chi connectivity index (χ4v) is 2.66. The number of carbonyl (C=O) groups is 1. The molecule has 0 spiro atoms. The fourth-order valence-electron chi connectivity index (χ4n) is 2.12. The van der Waals surface area contributed by atoms with Gasteiger partial charge < -0.3 is 10.2 Å². The van der Waals surface area contributed by atoms with Crippen LogP contribution in [0.15, 0.2) is 53.4 Å². The van der Waals surface area contributed by atoms with E-state index in [0.717, 1.165) is 13.0 Å². The van der Waals surface area contributed by atoms with Gasteiger partial charge >= 0.3 is 5.51 Å². The number of alkyl halides is 3. The predicted molar refractivity (Wildman–Crippen MR) is 95.0 cm³/mol. The van der Waals surface area contributed by atoms with Gasteiger partial charge in [0, 0.05) is 22.7 Å². The lowest BCUT2D eigenvalue weighted by Gasteiger charge is -2.10. The van der Waals surface area contributed by atoms with Crippen molar-refractivity contribution in [3.63, 3.8) is 0 Å². The van der Waals surface area contributed by atoms with Crippen molar-refractivity contribution in [2.45, 2.75) is 16.8 Å². The number of likely N-dealkylation sites (N-methyl/N-ethyl adjacent to an activating group) is 1. The first-order valence-electron chi connectivity index (χ1n) is 7.64. The average Bonchev–Trinajstić information content (AvgIpc) is 2.53. The minimum Gasteiger partial charge on any atom is -0.322 e. The molecule has 0 radical (unpaired) electrons. The Hall–Kier alpha value is -1.99. The first-order chi connectivity index (χ1) is 11.7. The maximum Gasteiger partial charge on any atom is 0.446 e. The summed E-state index contributed by atoms with van der Waals surface area (Å²) in [7, 11) is 4.01. The van der Waals surface area contributed by atoms with Crippen molar-refractivity contribution < 1.29 is 18.0 Å². The van der Waals surface area contributed by atoms with Crippen LogP contribution in [0.2, 0.25) is 0 Å². The zero-order chi connectivity index (χ0) is 18.4. The van der Waals surface area contributed by atoms with Gasteiger partial charge in [0.1, 0.15) is 0 Å². The molecule has 0 saturated carbocycles. The molecule has 3 nitrogen and oxygen atoms in total. The molecule has 2 aromatic carbocycles. The van der Waals surface area contributed by atoms with Crippen molar-refractivity contribution in [3.05, 3.63) is 59.7 Å². The van der Waals surface area contributed by atoms with E-state index in [1.54, 1.807) is 0 Å². The molecule has 1 N–H and O–H groups in total. The van der Waals surface area contributed by atoms with E-state index in [2.05, 4.69) is 10.2 Å². The summed E-state index contributed by atoms with van der Waals surface area (Å²) in [5, 5.41) is 2.74. The van der Waals surface area contributed by atoms with Gasteiger partial charge in [-0.05, 0) is 74.2 Å². The standard InChI is InChI=1S/C18H19F3N2OS/c1-23(2)12-11-13-3-7-15(8-4-13)22-17(24)14-5-9-16(10-6-14)25-18(19,20)21/h3-10H,11-12H2,1-2H3,(H,22,24). The zero-order valence-electron chi connectivity index (χ0n) is 13.9. The van der Waals surface area contributed by atoms with E-state index in [4.69, 9.17) is 0 Å². The largest absolute Gasteiger partial charge is 0.446 e. The van der Waals surface area contributed by atoms with Crippen LogP contribution in [-0.2, 0) is 6.42 Å². The van der Waals surface area contributed by atoms with Crippen LogP contribution in [0.1, 0.15) is 15.9 Å².